The van der Waals surface area contributed by atoms with Crippen molar-refractivity contribution in [3.8, 4) is 5.75 Å². The van der Waals surface area contributed by atoms with Crippen LogP contribution in [0.3, 0.4) is 0 Å². The van der Waals surface area contributed by atoms with E-state index >= 15 is 0 Å². The molecule has 2 N–H and O–H groups in total. The topological polar surface area (TPSA) is 89.3 Å². The average Bonchev–Trinajstić information content (AvgIpc) is 3.42. The van der Waals surface area contributed by atoms with Gasteiger partial charge in [-0.25, -0.2) is 9.97 Å². The molecule has 0 aliphatic carbocycles. The van der Waals surface area contributed by atoms with Gasteiger partial charge in [-0.15, -0.1) is 11.3 Å². The van der Waals surface area contributed by atoms with E-state index in [0.717, 1.165) is 27.4 Å². The minimum absolute atomic E-state index is 0.0491. The molecule has 176 valence electrons. The van der Waals surface area contributed by atoms with Crippen molar-refractivity contribution in [2.75, 3.05) is 10.6 Å². The Balaban J connectivity index is 1.73. The molecule has 7 nitrogen and oxygen atoms in total. The molecule has 0 fully saturated rings. The molecule has 0 aliphatic heterocycles. The Morgan fingerprint density at radius 2 is 1.76 bits per heavy atom. The number of anilines is 2. The van der Waals surface area contributed by atoms with Crippen LogP contribution >= 0.6 is 11.3 Å². The van der Waals surface area contributed by atoms with Crippen molar-refractivity contribution in [1.82, 2.24) is 9.97 Å². The lowest BCUT2D eigenvalue weighted by atomic mass is 10.00. The molecule has 10 heteroatoms. The van der Waals surface area contributed by atoms with Gasteiger partial charge in [-0.05, 0) is 62.7 Å². The Morgan fingerprint density at radius 3 is 2.38 bits per heavy atom. The Hall–Kier alpha value is -3.79. The van der Waals surface area contributed by atoms with Gasteiger partial charge in [0, 0.05) is 21.8 Å². The third kappa shape index (κ3) is 5.57. The number of thiophene rings is 1. The van der Waals surface area contributed by atoms with E-state index in [4.69, 9.17) is 4.42 Å². The lowest BCUT2D eigenvalue weighted by molar-refractivity contribution is -0.0498. The SMILES string of the molecule is Cc1cc(C)nc(N[C@H](c2ccc(OC(F)F)cc2)c2cc(C)sc2NC(=O)c2ccco2)n1. The first-order valence-corrected chi connectivity index (χ1v) is 11.2. The standard InChI is InChI=1S/C24H22F2N4O3S/c1-13-11-14(2)28-24(27-13)29-20(16-6-8-17(9-7-16)33-23(25)26)18-12-15(3)34-22(18)30-21(31)19-5-4-10-32-19/h4-12,20,23H,1-3H3,(H,30,31)(H,27,28,29)/t20-/m1/s1. The van der Waals surface area contributed by atoms with Gasteiger partial charge in [-0.2, -0.15) is 8.78 Å². The fourth-order valence-corrected chi connectivity index (χ4v) is 4.47. The molecule has 0 saturated carbocycles. The van der Waals surface area contributed by atoms with E-state index in [-0.39, 0.29) is 17.4 Å². The summed E-state index contributed by atoms with van der Waals surface area (Å²) in [6.45, 7) is 2.76. The summed E-state index contributed by atoms with van der Waals surface area (Å²) in [5.74, 6) is 0.262. The lowest BCUT2D eigenvalue weighted by Gasteiger charge is -2.21. The number of hydrogen-bond acceptors (Lipinski definition) is 7. The number of nitrogens with one attached hydrogen (secondary N) is 2. The first-order chi connectivity index (χ1) is 16.3. The Bertz CT molecular complexity index is 1250. The van der Waals surface area contributed by atoms with Crippen molar-refractivity contribution in [2.45, 2.75) is 33.4 Å². The summed E-state index contributed by atoms with van der Waals surface area (Å²) in [5, 5.41) is 6.87. The van der Waals surface area contributed by atoms with Crippen LogP contribution in [0.4, 0.5) is 19.7 Å². The highest BCUT2D eigenvalue weighted by atomic mass is 32.1. The van der Waals surface area contributed by atoms with Crippen molar-refractivity contribution < 1.29 is 22.7 Å². The molecule has 4 rings (SSSR count). The monoisotopic (exact) mass is 484 g/mol. The number of aromatic nitrogens is 2. The molecule has 4 aromatic rings. The predicted octanol–water partition coefficient (Wildman–Crippen LogP) is 6.11. The molecule has 3 heterocycles. The maximum atomic E-state index is 12.7. The second kappa shape index (κ2) is 10.0. The van der Waals surface area contributed by atoms with Crippen LogP contribution < -0.4 is 15.4 Å². The number of amides is 1. The van der Waals surface area contributed by atoms with Gasteiger partial charge in [0.2, 0.25) is 5.95 Å². The number of aryl methyl sites for hydroxylation is 3. The Kier molecular flexibility index (Phi) is 6.87. The first kappa shape index (κ1) is 23.4. The molecule has 34 heavy (non-hydrogen) atoms. The molecule has 0 unspecified atom stereocenters. The smallest absolute Gasteiger partial charge is 0.387 e. The van der Waals surface area contributed by atoms with Crippen LogP contribution in [0.15, 0.2) is 59.2 Å². The second-order valence-electron chi connectivity index (χ2n) is 7.57. The molecule has 0 radical (unpaired) electrons. The normalized spacial score (nSPS) is 11.9. The Labute approximate surface area is 198 Å². The summed E-state index contributed by atoms with van der Waals surface area (Å²) in [7, 11) is 0. The minimum Gasteiger partial charge on any atom is -0.459 e. The van der Waals surface area contributed by atoms with Crippen molar-refractivity contribution in [2.24, 2.45) is 0 Å². The van der Waals surface area contributed by atoms with Crippen LogP contribution in [-0.4, -0.2) is 22.5 Å². The van der Waals surface area contributed by atoms with Gasteiger partial charge in [0.25, 0.3) is 5.91 Å². The van der Waals surface area contributed by atoms with Crippen LogP contribution in [0.2, 0.25) is 0 Å². The summed E-state index contributed by atoms with van der Waals surface area (Å²) < 4.78 is 34.9. The molecule has 3 aromatic heterocycles. The molecule has 0 aliphatic rings. The van der Waals surface area contributed by atoms with Gasteiger partial charge >= 0.3 is 6.61 Å². The van der Waals surface area contributed by atoms with E-state index in [1.54, 1.807) is 24.3 Å². The summed E-state index contributed by atoms with van der Waals surface area (Å²) in [6.07, 6.45) is 1.43. The average molecular weight is 485 g/mol. The number of halogens is 2. The molecular formula is C24H22F2N4O3S. The number of carbonyl (C=O) groups is 1. The van der Waals surface area contributed by atoms with Crippen molar-refractivity contribution >= 4 is 28.2 Å². The number of hydrogen-bond donors (Lipinski definition) is 2. The molecule has 1 amide bonds. The Morgan fingerprint density at radius 1 is 1.06 bits per heavy atom. The number of furan rings is 1. The van der Waals surface area contributed by atoms with E-state index in [0.29, 0.717) is 10.9 Å². The number of benzene rings is 1. The predicted molar refractivity (Wildman–Crippen MR) is 126 cm³/mol. The highest BCUT2D eigenvalue weighted by Crippen LogP contribution is 2.38. The van der Waals surface area contributed by atoms with E-state index < -0.39 is 12.7 Å². The summed E-state index contributed by atoms with van der Waals surface area (Å²) in [5.41, 5.74) is 3.10. The van der Waals surface area contributed by atoms with E-state index in [2.05, 4.69) is 25.3 Å². The number of nitrogens with zero attached hydrogens (tertiary/aromatic N) is 2. The van der Waals surface area contributed by atoms with E-state index in [1.165, 1.54) is 29.7 Å². The highest BCUT2D eigenvalue weighted by Gasteiger charge is 2.23. The first-order valence-electron chi connectivity index (χ1n) is 10.4. The van der Waals surface area contributed by atoms with Crippen LogP contribution in [0.5, 0.6) is 5.75 Å². The zero-order chi connectivity index (χ0) is 24.2. The zero-order valence-electron chi connectivity index (χ0n) is 18.6. The molecular weight excluding hydrogens is 462 g/mol. The summed E-state index contributed by atoms with van der Waals surface area (Å²) in [6, 6.07) is 12.9. The maximum absolute atomic E-state index is 12.7. The third-order valence-electron chi connectivity index (χ3n) is 4.86. The number of ether oxygens (including phenoxy) is 1. The van der Waals surface area contributed by atoms with Crippen molar-refractivity contribution in [1.29, 1.82) is 0 Å². The molecule has 1 aromatic carbocycles. The van der Waals surface area contributed by atoms with E-state index in [1.807, 2.05) is 32.9 Å². The van der Waals surface area contributed by atoms with Gasteiger partial charge in [0.1, 0.15) is 10.8 Å². The molecule has 1 atom stereocenters. The van der Waals surface area contributed by atoms with Crippen molar-refractivity contribution in [3.05, 3.63) is 87.9 Å². The number of rotatable bonds is 8. The molecule has 0 bridgehead atoms. The van der Waals surface area contributed by atoms with Gasteiger partial charge < -0.3 is 19.8 Å². The van der Waals surface area contributed by atoms with Crippen LogP contribution in [0.25, 0.3) is 0 Å². The highest BCUT2D eigenvalue weighted by molar-refractivity contribution is 7.16. The van der Waals surface area contributed by atoms with Gasteiger partial charge in [0.15, 0.2) is 5.76 Å². The fourth-order valence-electron chi connectivity index (χ4n) is 3.52. The third-order valence-corrected chi connectivity index (χ3v) is 5.84. The second-order valence-corrected chi connectivity index (χ2v) is 8.83. The largest absolute Gasteiger partial charge is 0.459 e. The van der Waals surface area contributed by atoms with Crippen LogP contribution in [0.1, 0.15) is 44.0 Å². The van der Waals surface area contributed by atoms with Crippen LogP contribution in [0, 0.1) is 20.8 Å². The van der Waals surface area contributed by atoms with E-state index in [9.17, 15) is 13.6 Å². The van der Waals surface area contributed by atoms with Gasteiger partial charge in [-0.1, -0.05) is 12.1 Å². The quantitative estimate of drug-likeness (QED) is 0.314. The number of carbonyl (C=O) groups excluding carboxylic acids is 1. The summed E-state index contributed by atoms with van der Waals surface area (Å²) in [4.78, 5) is 22.6. The minimum atomic E-state index is -2.91. The lowest BCUT2D eigenvalue weighted by Crippen LogP contribution is -2.18. The zero-order valence-corrected chi connectivity index (χ0v) is 19.5. The van der Waals surface area contributed by atoms with Crippen molar-refractivity contribution in [3.63, 3.8) is 0 Å². The maximum Gasteiger partial charge on any atom is 0.387 e. The molecule has 0 spiro atoms. The molecule has 0 saturated heterocycles. The van der Waals surface area contributed by atoms with Crippen LogP contribution in [-0.2, 0) is 0 Å². The summed E-state index contributed by atoms with van der Waals surface area (Å²) >= 11 is 1.41. The van der Waals surface area contributed by atoms with Gasteiger partial charge in [0.05, 0.1) is 12.3 Å². The fraction of sp³-hybridized carbons (Fsp3) is 0.208. The number of alkyl halides is 2. The van der Waals surface area contributed by atoms with Gasteiger partial charge in [-0.3, -0.25) is 4.79 Å².